The van der Waals surface area contributed by atoms with Crippen LogP contribution in [0.1, 0.15) is 10.4 Å². The van der Waals surface area contributed by atoms with Crippen LogP contribution in [0.2, 0.25) is 10.0 Å². The molecule has 0 fully saturated rings. The minimum atomic E-state index is -4.48. The molecular formula is C16H11Cl2N3O6S3. The number of rotatable bonds is 7. The first kappa shape index (κ1) is 22.3. The molecule has 0 aliphatic heterocycles. The van der Waals surface area contributed by atoms with Gasteiger partial charge < -0.3 is 5.11 Å². The fourth-order valence-corrected chi connectivity index (χ4v) is 5.90. The SMILES string of the molecule is O=C(O)c1ccncc1S(=O)(=O)Nc1cc(Cl)c(Cl)cc1NS(=O)(=O)c1cccs1. The van der Waals surface area contributed by atoms with Crippen molar-refractivity contribution in [1.29, 1.82) is 0 Å². The maximum Gasteiger partial charge on any atom is 0.337 e. The Morgan fingerprint density at radius 2 is 1.60 bits per heavy atom. The number of carboxylic acid groups (broad SMARTS) is 1. The normalized spacial score (nSPS) is 11.8. The van der Waals surface area contributed by atoms with Crippen molar-refractivity contribution in [1.82, 2.24) is 4.98 Å². The summed E-state index contributed by atoms with van der Waals surface area (Å²) in [6.45, 7) is 0. The Kier molecular flexibility index (Phi) is 6.24. The molecule has 0 atom stereocenters. The summed E-state index contributed by atoms with van der Waals surface area (Å²) in [6, 6.07) is 6.15. The van der Waals surface area contributed by atoms with E-state index in [-0.39, 0.29) is 25.6 Å². The molecule has 3 aromatic rings. The molecule has 30 heavy (non-hydrogen) atoms. The number of hydrogen-bond acceptors (Lipinski definition) is 7. The van der Waals surface area contributed by atoms with Crippen molar-refractivity contribution in [3.8, 4) is 0 Å². The number of halogens is 2. The maximum absolute atomic E-state index is 12.8. The first-order chi connectivity index (χ1) is 14.0. The van der Waals surface area contributed by atoms with Crippen LogP contribution in [0.4, 0.5) is 11.4 Å². The van der Waals surface area contributed by atoms with Gasteiger partial charge in [0.1, 0.15) is 9.10 Å². The number of hydrogen-bond donors (Lipinski definition) is 3. The molecule has 0 radical (unpaired) electrons. The third-order valence-electron chi connectivity index (χ3n) is 3.61. The number of aromatic carboxylic acids is 1. The highest BCUT2D eigenvalue weighted by Gasteiger charge is 2.25. The van der Waals surface area contributed by atoms with Crippen LogP contribution in [0.25, 0.3) is 0 Å². The van der Waals surface area contributed by atoms with Crippen LogP contribution >= 0.6 is 34.5 Å². The zero-order valence-electron chi connectivity index (χ0n) is 14.5. The summed E-state index contributed by atoms with van der Waals surface area (Å²) in [4.78, 5) is 14.4. The van der Waals surface area contributed by atoms with Gasteiger partial charge in [0.15, 0.2) is 0 Å². The topological polar surface area (TPSA) is 143 Å². The molecular weight excluding hydrogens is 497 g/mol. The van der Waals surface area contributed by atoms with Crippen LogP contribution in [0.5, 0.6) is 0 Å². The summed E-state index contributed by atoms with van der Waals surface area (Å²) in [5.41, 5.74) is -0.981. The lowest BCUT2D eigenvalue weighted by Crippen LogP contribution is -2.19. The molecule has 0 aliphatic carbocycles. The summed E-state index contributed by atoms with van der Waals surface area (Å²) in [5, 5.41) is 10.7. The van der Waals surface area contributed by atoms with Gasteiger partial charge in [0, 0.05) is 12.4 Å². The minimum Gasteiger partial charge on any atom is -0.478 e. The van der Waals surface area contributed by atoms with Crippen LogP contribution in [-0.4, -0.2) is 32.9 Å². The van der Waals surface area contributed by atoms with Crippen LogP contribution in [0, 0.1) is 0 Å². The van der Waals surface area contributed by atoms with E-state index in [0.29, 0.717) is 0 Å². The fraction of sp³-hybridized carbons (Fsp3) is 0. The van der Waals surface area contributed by atoms with E-state index < -0.39 is 36.5 Å². The first-order valence-electron chi connectivity index (χ1n) is 7.77. The molecule has 14 heteroatoms. The highest BCUT2D eigenvalue weighted by Crippen LogP contribution is 2.35. The summed E-state index contributed by atoms with van der Waals surface area (Å²) in [6.07, 6.45) is 1.99. The van der Waals surface area contributed by atoms with Crippen LogP contribution < -0.4 is 9.44 Å². The van der Waals surface area contributed by atoms with Crippen molar-refractivity contribution in [2.75, 3.05) is 9.44 Å². The highest BCUT2D eigenvalue weighted by molar-refractivity contribution is 7.94. The van der Waals surface area contributed by atoms with Crippen LogP contribution in [0.15, 0.2) is 57.2 Å². The van der Waals surface area contributed by atoms with E-state index in [4.69, 9.17) is 23.2 Å². The lowest BCUT2D eigenvalue weighted by Gasteiger charge is -2.16. The van der Waals surface area contributed by atoms with Gasteiger partial charge in [-0.1, -0.05) is 29.3 Å². The van der Waals surface area contributed by atoms with Crippen molar-refractivity contribution in [3.05, 3.63) is 63.7 Å². The Hall–Kier alpha value is -2.38. The molecule has 9 nitrogen and oxygen atoms in total. The first-order valence-corrected chi connectivity index (χ1v) is 12.4. The number of benzene rings is 1. The number of carbonyl (C=O) groups is 1. The summed E-state index contributed by atoms with van der Waals surface area (Å²) in [7, 11) is -8.52. The van der Waals surface area contributed by atoms with Crippen LogP contribution in [0.3, 0.4) is 0 Å². The predicted molar refractivity (Wildman–Crippen MR) is 114 cm³/mol. The second-order valence-corrected chi connectivity index (χ2v) is 11.0. The Balaban J connectivity index is 2.07. The molecule has 3 rings (SSSR count). The van der Waals surface area contributed by atoms with E-state index >= 15 is 0 Å². The zero-order valence-corrected chi connectivity index (χ0v) is 18.5. The number of carboxylic acids is 1. The van der Waals surface area contributed by atoms with E-state index in [9.17, 15) is 26.7 Å². The van der Waals surface area contributed by atoms with Crippen molar-refractivity contribution in [2.45, 2.75) is 9.10 Å². The standard InChI is InChI=1S/C16H11Cl2N3O6S3/c17-10-6-12(20-29(24,25)14-8-19-4-3-9(14)16(22)23)13(7-11(10)18)21-30(26,27)15-2-1-5-28-15/h1-8,20-21H,(H,22,23). The number of nitrogens with zero attached hydrogens (tertiary/aromatic N) is 1. The van der Waals surface area contributed by atoms with Gasteiger partial charge in [-0.2, -0.15) is 0 Å². The maximum atomic E-state index is 12.8. The average Bonchev–Trinajstić information content (AvgIpc) is 3.21. The van der Waals surface area contributed by atoms with Gasteiger partial charge in [0.05, 0.1) is 27.0 Å². The number of nitrogens with one attached hydrogen (secondary N) is 2. The molecule has 0 saturated carbocycles. The average molecular weight is 508 g/mol. The number of anilines is 2. The van der Waals surface area contributed by atoms with Gasteiger partial charge >= 0.3 is 5.97 Å². The number of pyridine rings is 1. The van der Waals surface area contributed by atoms with E-state index in [1.807, 2.05) is 0 Å². The van der Waals surface area contributed by atoms with E-state index in [1.165, 1.54) is 12.1 Å². The van der Waals surface area contributed by atoms with Gasteiger partial charge in [-0.3, -0.25) is 14.4 Å². The molecule has 1 aromatic carbocycles. The van der Waals surface area contributed by atoms with Crippen molar-refractivity contribution >= 4 is 71.9 Å². The van der Waals surface area contributed by atoms with Crippen molar-refractivity contribution < 1.29 is 26.7 Å². The molecule has 3 N–H and O–H groups in total. The molecule has 2 aromatic heterocycles. The number of thiophene rings is 1. The third-order valence-corrected chi connectivity index (χ3v) is 8.49. The minimum absolute atomic E-state index is 0.0113. The lowest BCUT2D eigenvalue weighted by atomic mass is 10.3. The van der Waals surface area contributed by atoms with E-state index in [0.717, 1.165) is 41.9 Å². The van der Waals surface area contributed by atoms with E-state index in [1.54, 1.807) is 5.38 Å². The van der Waals surface area contributed by atoms with Gasteiger partial charge in [-0.05, 0) is 29.6 Å². The van der Waals surface area contributed by atoms with Gasteiger partial charge in [-0.25, -0.2) is 21.6 Å². The summed E-state index contributed by atoms with van der Waals surface area (Å²) < 4.78 is 55.1. The second kappa shape index (κ2) is 8.40. The Morgan fingerprint density at radius 1 is 1.00 bits per heavy atom. The molecule has 158 valence electrons. The summed E-state index contributed by atoms with van der Waals surface area (Å²) >= 11 is 12.9. The monoisotopic (exact) mass is 507 g/mol. The predicted octanol–water partition coefficient (Wildman–Crippen LogP) is 3.75. The fourth-order valence-electron chi connectivity index (χ4n) is 2.30. The molecule has 0 saturated heterocycles. The summed E-state index contributed by atoms with van der Waals surface area (Å²) in [5.74, 6) is -1.48. The van der Waals surface area contributed by atoms with Gasteiger partial charge in [-0.15, -0.1) is 11.3 Å². The molecule has 0 bridgehead atoms. The second-order valence-electron chi connectivity index (χ2n) is 5.63. The number of sulfonamides is 2. The van der Waals surface area contributed by atoms with Crippen molar-refractivity contribution in [2.24, 2.45) is 0 Å². The van der Waals surface area contributed by atoms with Gasteiger partial charge in [0.2, 0.25) is 0 Å². The van der Waals surface area contributed by atoms with Crippen LogP contribution in [-0.2, 0) is 20.0 Å². The Bertz CT molecular complexity index is 1330. The highest BCUT2D eigenvalue weighted by atomic mass is 35.5. The largest absolute Gasteiger partial charge is 0.478 e. The van der Waals surface area contributed by atoms with Gasteiger partial charge in [0.25, 0.3) is 20.0 Å². The zero-order chi connectivity index (χ0) is 22.1. The lowest BCUT2D eigenvalue weighted by molar-refractivity contribution is 0.0692. The Labute approximate surface area is 185 Å². The van der Waals surface area contributed by atoms with Crippen molar-refractivity contribution in [3.63, 3.8) is 0 Å². The molecule has 2 heterocycles. The van der Waals surface area contributed by atoms with E-state index in [2.05, 4.69) is 14.4 Å². The molecule has 0 spiro atoms. The Morgan fingerprint density at radius 3 is 2.13 bits per heavy atom. The number of aromatic nitrogens is 1. The molecule has 0 amide bonds. The smallest absolute Gasteiger partial charge is 0.337 e. The molecule has 0 unspecified atom stereocenters. The third kappa shape index (κ3) is 4.68. The molecule has 0 aliphatic rings. The quantitative estimate of drug-likeness (QED) is 0.441.